The van der Waals surface area contributed by atoms with E-state index in [1.165, 1.54) is 33.4 Å². The Morgan fingerprint density at radius 3 is 2.67 bits per heavy atom. The Hall–Kier alpha value is -2.53. The van der Waals surface area contributed by atoms with E-state index >= 15 is 0 Å². The van der Waals surface area contributed by atoms with Gasteiger partial charge in [0, 0.05) is 35.1 Å². The van der Waals surface area contributed by atoms with Crippen molar-refractivity contribution in [3.05, 3.63) is 82.9 Å². The molecule has 3 atom stereocenters. The summed E-state index contributed by atoms with van der Waals surface area (Å²) in [7, 11) is 0. The molecule has 5 heteroatoms. The van der Waals surface area contributed by atoms with Crippen LogP contribution in [0.3, 0.4) is 0 Å². The molecule has 2 aliphatic rings. The Morgan fingerprint density at radius 2 is 1.93 bits per heavy atom. The number of amidine groups is 1. The fourth-order valence-corrected chi connectivity index (χ4v) is 6.28. The molecule has 0 N–H and O–H groups in total. The summed E-state index contributed by atoms with van der Waals surface area (Å²) in [5, 5.41) is 1.18. The standard InChI is InChI=1S/C25H28N4S/c1-5-19-15-30-25-27-23(22-11-6-7-12-26-22)24(29(19)25)21-14-17(3)28(18(21)4)20-10-8-9-16(2)13-20/h6-14,19,23-24H,5,15H2,1-4H3/t19-,23+,24-/m1/s1. The molecule has 2 aromatic heterocycles. The molecule has 1 aromatic carbocycles. The third-order valence-corrected chi connectivity index (χ3v) is 7.50. The van der Waals surface area contributed by atoms with Gasteiger partial charge < -0.3 is 9.47 Å². The van der Waals surface area contributed by atoms with Crippen LogP contribution in [0.1, 0.15) is 53.6 Å². The van der Waals surface area contributed by atoms with Crippen molar-refractivity contribution in [3.63, 3.8) is 0 Å². The number of thioether (sulfide) groups is 1. The Morgan fingerprint density at radius 1 is 1.07 bits per heavy atom. The highest BCUT2D eigenvalue weighted by molar-refractivity contribution is 8.14. The summed E-state index contributed by atoms with van der Waals surface area (Å²) in [5.41, 5.74) is 7.49. The molecule has 0 spiro atoms. The lowest BCUT2D eigenvalue weighted by atomic mass is 9.95. The van der Waals surface area contributed by atoms with Gasteiger partial charge in [0.2, 0.25) is 0 Å². The largest absolute Gasteiger partial charge is 0.338 e. The molecule has 3 aromatic rings. The molecule has 30 heavy (non-hydrogen) atoms. The van der Waals surface area contributed by atoms with Crippen LogP contribution >= 0.6 is 11.8 Å². The topological polar surface area (TPSA) is 33.4 Å². The van der Waals surface area contributed by atoms with Crippen LogP contribution in [0.25, 0.3) is 5.69 Å². The predicted octanol–water partition coefficient (Wildman–Crippen LogP) is 5.78. The molecule has 1 fully saturated rings. The molecule has 0 unspecified atom stereocenters. The lowest BCUT2D eigenvalue weighted by Crippen LogP contribution is -2.35. The van der Waals surface area contributed by atoms with Crippen LogP contribution in [-0.4, -0.2) is 31.4 Å². The van der Waals surface area contributed by atoms with Gasteiger partial charge in [0.05, 0.1) is 11.7 Å². The zero-order valence-corrected chi connectivity index (χ0v) is 18.9. The number of aromatic nitrogens is 2. The van der Waals surface area contributed by atoms with E-state index < -0.39 is 0 Å². The van der Waals surface area contributed by atoms with E-state index in [0.29, 0.717) is 6.04 Å². The normalized spacial score (nSPS) is 23.0. The van der Waals surface area contributed by atoms with E-state index in [-0.39, 0.29) is 12.1 Å². The first-order valence-electron chi connectivity index (χ1n) is 10.7. The third-order valence-electron chi connectivity index (χ3n) is 6.38. The zero-order chi connectivity index (χ0) is 20.8. The van der Waals surface area contributed by atoms with Crippen LogP contribution in [0.15, 0.2) is 59.7 Å². The Bertz CT molecular complexity index is 1100. The van der Waals surface area contributed by atoms with Gasteiger partial charge in [-0.1, -0.05) is 36.9 Å². The zero-order valence-electron chi connectivity index (χ0n) is 18.0. The fraction of sp³-hybridized carbons (Fsp3) is 0.360. The lowest BCUT2D eigenvalue weighted by molar-refractivity contribution is 0.254. The Balaban J connectivity index is 1.64. The number of nitrogens with zero attached hydrogens (tertiary/aromatic N) is 4. The summed E-state index contributed by atoms with van der Waals surface area (Å²) >= 11 is 1.90. The van der Waals surface area contributed by atoms with Crippen molar-refractivity contribution in [1.29, 1.82) is 0 Å². The van der Waals surface area contributed by atoms with Crippen LogP contribution in [-0.2, 0) is 0 Å². The highest BCUT2D eigenvalue weighted by Gasteiger charge is 2.46. The number of fused-ring (bicyclic) bond motifs is 1. The molecule has 0 aliphatic carbocycles. The lowest BCUT2D eigenvalue weighted by Gasteiger charge is -2.32. The smallest absolute Gasteiger partial charge is 0.160 e. The number of aliphatic imine (C=N–C) groups is 1. The van der Waals surface area contributed by atoms with E-state index in [2.05, 4.69) is 79.6 Å². The van der Waals surface area contributed by atoms with Crippen molar-refractivity contribution in [2.75, 3.05) is 5.75 Å². The average molecular weight is 417 g/mol. The molecule has 2 aliphatic heterocycles. The molecule has 0 amide bonds. The number of pyridine rings is 1. The highest BCUT2D eigenvalue weighted by atomic mass is 32.2. The average Bonchev–Trinajstić information content (AvgIpc) is 3.40. The van der Waals surface area contributed by atoms with Gasteiger partial charge in [-0.25, -0.2) is 0 Å². The Kier molecular flexibility index (Phi) is 4.94. The van der Waals surface area contributed by atoms with Gasteiger partial charge in [0.1, 0.15) is 6.04 Å². The first kappa shape index (κ1) is 19.4. The van der Waals surface area contributed by atoms with Crippen molar-refractivity contribution in [2.45, 2.75) is 52.2 Å². The summed E-state index contributed by atoms with van der Waals surface area (Å²) in [5.74, 6) is 1.12. The fourth-order valence-electron chi connectivity index (χ4n) is 4.94. The first-order chi connectivity index (χ1) is 14.6. The number of aryl methyl sites for hydroxylation is 2. The predicted molar refractivity (Wildman–Crippen MR) is 126 cm³/mol. The monoisotopic (exact) mass is 416 g/mol. The maximum atomic E-state index is 5.18. The molecule has 4 heterocycles. The molecular formula is C25H28N4S. The first-order valence-corrected chi connectivity index (χ1v) is 11.7. The summed E-state index contributed by atoms with van der Waals surface area (Å²) < 4.78 is 2.39. The summed E-state index contributed by atoms with van der Waals surface area (Å²) in [6.45, 7) is 8.90. The van der Waals surface area contributed by atoms with E-state index in [0.717, 1.165) is 17.9 Å². The second-order valence-corrected chi connectivity index (χ2v) is 9.32. The second-order valence-electron chi connectivity index (χ2n) is 8.34. The molecule has 4 nitrogen and oxygen atoms in total. The van der Waals surface area contributed by atoms with Crippen molar-refractivity contribution in [3.8, 4) is 5.69 Å². The van der Waals surface area contributed by atoms with Crippen LogP contribution in [0.4, 0.5) is 0 Å². The minimum absolute atomic E-state index is 0.0366. The van der Waals surface area contributed by atoms with Crippen LogP contribution in [0.2, 0.25) is 0 Å². The van der Waals surface area contributed by atoms with Crippen LogP contribution < -0.4 is 0 Å². The number of hydrogen-bond donors (Lipinski definition) is 0. The maximum absolute atomic E-state index is 5.18. The molecule has 0 radical (unpaired) electrons. The number of hydrogen-bond acceptors (Lipinski definition) is 4. The van der Waals surface area contributed by atoms with Gasteiger partial charge in [0.15, 0.2) is 5.17 Å². The molecule has 0 bridgehead atoms. The minimum Gasteiger partial charge on any atom is -0.338 e. The van der Waals surface area contributed by atoms with Crippen LogP contribution in [0, 0.1) is 20.8 Å². The van der Waals surface area contributed by atoms with Crippen LogP contribution in [0.5, 0.6) is 0 Å². The summed E-state index contributed by atoms with van der Waals surface area (Å²) in [4.78, 5) is 12.4. The second kappa shape index (κ2) is 7.62. The van der Waals surface area contributed by atoms with Gasteiger partial charge in [-0.3, -0.25) is 9.98 Å². The molecule has 5 rings (SSSR count). The van der Waals surface area contributed by atoms with E-state index in [1.807, 2.05) is 24.0 Å². The minimum atomic E-state index is 0.0366. The molecule has 1 saturated heterocycles. The van der Waals surface area contributed by atoms with Crippen molar-refractivity contribution in [2.24, 2.45) is 4.99 Å². The quantitative estimate of drug-likeness (QED) is 0.541. The molecule has 0 saturated carbocycles. The van der Waals surface area contributed by atoms with Crippen molar-refractivity contribution < 1.29 is 0 Å². The van der Waals surface area contributed by atoms with E-state index in [4.69, 9.17) is 9.98 Å². The van der Waals surface area contributed by atoms with Crippen molar-refractivity contribution in [1.82, 2.24) is 14.5 Å². The van der Waals surface area contributed by atoms with Gasteiger partial charge in [0.25, 0.3) is 0 Å². The molecule has 154 valence electrons. The van der Waals surface area contributed by atoms with Gasteiger partial charge >= 0.3 is 0 Å². The van der Waals surface area contributed by atoms with Crippen molar-refractivity contribution >= 4 is 16.9 Å². The highest BCUT2D eigenvalue weighted by Crippen LogP contribution is 2.49. The van der Waals surface area contributed by atoms with Gasteiger partial charge in [-0.05, 0) is 68.7 Å². The maximum Gasteiger partial charge on any atom is 0.160 e. The van der Waals surface area contributed by atoms with E-state index in [9.17, 15) is 0 Å². The summed E-state index contributed by atoms with van der Waals surface area (Å²) in [6, 6.07) is 18.0. The third kappa shape index (κ3) is 3.07. The summed E-state index contributed by atoms with van der Waals surface area (Å²) in [6.07, 6.45) is 3.02. The van der Waals surface area contributed by atoms with Gasteiger partial charge in [-0.15, -0.1) is 0 Å². The van der Waals surface area contributed by atoms with E-state index in [1.54, 1.807) is 0 Å². The molecular weight excluding hydrogens is 388 g/mol. The Labute approximate surface area is 183 Å². The SMILES string of the molecule is CC[C@@H]1CSC2=N[C@@H](c3ccccn3)[C@@H](c3cc(C)n(-c4cccc(C)c4)c3C)N21. The van der Waals surface area contributed by atoms with Gasteiger partial charge in [-0.2, -0.15) is 0 Å². The number of rotatable bonds is 4. The number of benzene rings is 1.